The molecule has 1 fully saturated rings. The summed E-state index contributed by atoms with van der Waals surface area (Å²) in [6.45, 7) is 5.03. The molecule has 0 atom stereocenters. The summed E-state index contributed by atoms with van der Waals surface area (Å²) >= 11 is 0. The van der Waals surface area contributed by atoms with Crippen molar-refractivity contribution in [3.05, 3.63) is 39.9 Å². The standard InChI is InChI=1S/C18H21F2N3O3.ClH/c1-18(2,10-19)23-9-12(17(25)26)16(24)11-7-13(20)15(8-14(11)23)22-5-3-21-4-6-22;/h7-9,21H,3-6,10H2,1-2H3,(H,25,26);1H. The molecule has 0 radical (unpaired) electrons. The van der Waals surface area contributed by atoms with E-state index in [-0.39, 0.29) is 17.8 Å². The second kappa shape index (κ2) is 7.82. The van der Waals surface area contributed by atoms with E-state index in [9.17, 15) is 23.5 Å². The van der Waals surface area contributed by atoms with Crippen molar-refractivity contribution in [1.82, 2.24) is 9.88 Å². The van der Waals surface area contributed by atoms with E-state index in [1.54, 1.807) is 13.8 Å². The Morgan fingerprint density at radius 2 is 1.93 bits per heavy atom. The summed E-state index contributed by atoms with van der Waals surface area (Å²) in [5.41, 5.74) is -1.73. The van der Waals surface area contributed by atoms with E-state index in [4.69, 9.17) is 0 Å². The fraction of sp³-hybridized carbons (Fsp3) is 0.444. The molecular formula is C18H22ClF2N3O3. The Hall–Kier alpha value is -2.19. The van der Waals surface area contributed by atoms with Gasteiger partial charge in [-0.3, -0.25) is 4.79 Å². The van der Waals surface area contributed by atoms with Crippen LogP contribution in [0, 0.1) is 5.82 Å². The number of aromatic carboxylic acids is 1. The number of alkyl halides is 1. The van der Waals surface area contributed by atoms with Crippen LogP contribution in [0.4, 0.5) is 14.5 Å². The smallest absolute Gasteiger partial charge is 0.341 e. The van der Waals surface area contributed by atoms with Gasteiger partial charge in [0.15, 0.2) is 0 Å². The van der Waals surface area contributed by atoms with Crippen LogP contribution in [0.1, 0.15) is 24.2 Å². The lowest BCUT2D eigenvalue weighted by Crippen LogP contribution is -2.44. The van der Waals surface area contributed by atoms with E-state index in [0.717, 1.165) is 12.3 Å². The number of fused-ring (bicyclic) bond motifs is 1. The summed E-state index contributed by atoms with van der Waals surface area (Å²) < 4.78 is 29.7. The number of pyridine rings is 1. The van der Waals surface area contributed by atoms with E-state index in [1.165, 1.54) is 10.6 Å². The van der Waals surface area contributed by atoms with Gasteiger partial charge >= 0.3 is 5.97 Å². The van der Waals surface area contributed by atoms with E-state index < -0.39 is 35.0 Å². The number of rotatable bonds is 4. The lowest BCUT2D eigenvalue weighted by Gasteiger charge is -2.31. The second-order valence-electron chi connectivity index (χ2n) is 7.05. The molecule has 1 aromatic heterocycles. The summed E-state index contributed by atoms with van der Waals surface area (Å²) in [4.78, 5) is 25.8. The number of hydrogen-bond donors (Lipinski definition) is 2. The molecule has 1 saturated heterocycles. The van der Waals surface area contributed by atoms with Gasteiger partial charge in [-0.05, 0) is 26.0 Å². The Bertz CT molecular complexity index is 924. The highest BCUT2D eigenvalue weighted by Crippen LogP contribution is 2.29. The van der Waals surface area contributed by atoms with Gasteiger partial charge in [0.1, 0.15) is 18.1 Å². The summed E-state index contributed by atoms with van der Waals surface area (Å²) in [6.07, 6.45) is 1.14. The summed E-state index contributed by atoms with van der Waals surface area (Å²) in [7, 11) is 0. The summed E-state index contributed by atoms with van der Waals surface area (Å²) in [6, 6.07) is 2.58. The minimum atomic E-state index is -1.42. The monoisotopic (exact) mass is 401 g/mol. The number of anilines is 1. The molecule has 6 nitrogen and oxygen atoms in total. The molecule has 0 aliphatic carbocycles. The Labute approximate surface area is 161 Å². The van der Waals surface area contributed by atoms with Gasteiger partial charge in [-0.1, -0.05) is 0 Å². The third-order valence-corrected chi connectivity index (χ3v) is 4.74. The average Bonchev–Trinajstić information content (AvgIpc) is 2.62. The van der Waals surface area contributed by atoms with Gasteiger partial charge < -0.3 is 19.9 Å². The zero-order chi connectivity index (χ0) is 19.1. The van der Waals surface area contributed by atoms with Crippen molar-refractivity contribution in [3.8, 4) is 0 Å². The van der Waals surface area contributed by atoms with Crippen molar-refractivity contribution in [1.29, 1.82) is 0 Å². The molecule has 1 aromatic carbocycles. The molecule has 0 spiro atoms. The van der Waals surface area contributed by atoms with Crippen LogP contribution >= 0.6 is 12.4 Å². The molecule has 3 rings (SSSR count). The van der Waals surface area contributed by atoms with Gasteiger partial charge in [-0.2, -0.15) is 0 Å². The van der Waals surface area contributed by atoms with Gasteiger partial charge in [-0.15, -0.1) is 12.4 Å². The number of halogens is 3. The summed E-state index contributed by atoms with van der Waals surface area (Å²) in [5.74, 6) is -2.02. The molecule has 0 amide bonds. The number of piperazine rings is 1. The number of benzene rings is 1. The second-order valence-corrected chi connectivity index (χ2v) is 7.05. The van der Waals surface area contributed by atoms with Gasteiger partial charge in [0.2, 0.25) is 5.43 Å². The van der Waals surface area contributed by atoms with Crippen molar-refractivity contribution < 1.29 is 18.7 Å². The minimum absolute atomic E-state index is 0. The van der Waals surface area contributed by atoms with Crippen LogP contribution < -0.4 is 15.6 Å². The summed E-state index contributed by atoms with van der Waals surface area (Å²) in [5, 5.41) is 12.4. The molecule has 0 saturated carbocycles. The van der Waals surface area contributed by atoms with Gasteiger partial charge in [0.05, 0.1) is 16.7 Å². The highest BCUT2D eigenvalue weighted by molar-refractivity contribution is 5.93. The maximum atomic E-state index is 14.7. The predicted molar refractivity (Wildman–Crippen MR) is 103 cm³/mol. The largest absolute Gasteiger partial charge is 0.477 e. The first-order chi connectivity index (χ1) is 12.3. The molecule has 9 heteroatoms. The lowest BCUT2D eigenvalue weighted by molar-refractivity contribution is 0.0694. The molecule has 0 unspecified atom stereocenters. The quantitative estimate of drug-likeness (QED) is 0.822. The number of aromatic nitrogens is 1. The van der Waals surface area contributed by atoms with E-state index in [0.29, 0.717) is 37.4 Å². The highest BCUT2D eigenvalue weighted by Gasteiger charge is 2.26. The topological polar surface area (TPSA) is 74.6 Å². The van der Waals surface area contributed by atoms with Crippen LogP contribution in [-0.4, -0.2) is 48.5 Å². The Kier molecular flexibility index (Phi) is 6.11. The Morgan fingerprint density at radius 1 is 1.30 bits per heavy atom. The first-order valence-corrected chi connectivity index (χ1v) is 8.40. The molecule has 148 valence electrons. The van der Waals surface area contributed by atoms with E-state index in [1.807, 2.05) is 4.90 Å². The Morgan fingerprint density at radius 3 is 2.48 bits per heavy atom. The average molecular weight is 402 g/mol. The van der Waals surface area contributed by atoms with Crippen LogP contribution in [0.25, 0.3) is 10.9 Å². The number of carboxylic acid groups (broad SMARTS) is 1. The molecule has 0 bridgehead atoms. The number of carboxylic acids is 1. The van der Waals surface area contributed by atoms with Crippen LogP contribution in [0.15, 0.2) is 23.1 Å². The molecule has 27 heavy (non-hydrogen) atoms. The zero-order valence-electron chi connectivity index (χ0n) is 15.1. The fourth-order valence-corrected chi connectivity index (χ4v) is 3.20. The fourth-order valence-electron chi connectivity index (χ4n) is 3.20. The SMILES string of the molecule is CC(C)(CF)n1cc(C(=O)O)c(=O)c2cc(F)c(N3CCNCC3)cc21.Cl. The van der Waals surface area contributed by atoms with Crippen molar-refractivity contribution in [2.45, 2.75) is 19.4 Å². The molecule has 1 aliphatic heterocycles. The molecule has 2 N–H and O–H groups in total. The maximum absolute atomic E-state index is 14.7. The van der Waals surface area contributed by atoms with Crippen molar-refractivity contribution in [2.24, 2.45) is 0 Å². The normalized spacial score (nSPS) is 14.9. The first-order valence-electron chi connectivity index (χ1n) is 8.40. The number of nitrogens with one attached hydrogen (secondary N) is 1. The number of carbonyl (C=O) groups is 1. The third-order valence-electron chi connectivity index (χ3n) is 4.74. The molecule has 1 aliphatic rings. The van der Waals surface area contributed by atoms with Crippen molar-refractivity contribution in [2.75, 3.05) is 37.8 Å². The predicted octanol–water partition coefficient (Wildman–Crippen LogP) is 2.37. The van der Waals surface area contributed by atoms with Crippen molar-refractivity contribution >= 4 is 35.0 Å². The minimum Gasteiger partial charge on any atom is -0.477 e. The van der Waals surface area contributed by atoms with Crippen LogP contribution in [0.3, 0.4) is 0 Å². The van der Waals surface area contributed by atoms with Gasteiger partial charge in [0, 0.05) is 37.8 Å². The zero-order valence-corrected chi connectivity index (χ0v) is 15.9. The molecule has 2 heterocycles. The van der Waals surface area contributed by atoms with Crippen molar-refractivity contribution in [3.63, 3.8) is 0 Å². The molecule has 2 aromatic rings. The lowest BCUT2D eigenvalue weighted by atomic mass is 10.0. The highest BCUT2D eigenvalue weighted by atomic mass is 35.5. The first kappa shape index (κ1) is 21.1. The molecular weight excluding hydrogens is 380 g/mol. The number of hydrogen-bond acceptors (Lipinski definition) is 4. The van der Waals surface area contributed by atoms with Crippen LogP contribution in [0.2, 0.25) is 0 Å². The number of nitrogens with zero attached hydrogens (tertiary/aromatic N) is 2. The van der Waals surface area contributed by atoms with E-state index >= 15 is 0 Å². The Balaban J connectivity index is 0.00000261. The van der Waals surface area contributed by atoms with Crippen LogP contribution in [-0.2, 0) is 5.54 Å². The third kappa shape index (κ3) is 3.77. The van der Waals surface area contributed by atoms with E-state index in [2.05, 4.69) is 5.32 Å². The van der Waals surface area contributed by atoms with Gasteiger partial charge in [0.25, 0.3) is 0 Å². The maximum Gasteiger partial charge on any atom is 0.341 e. The van der Waals surface area contributed by atoms with Gasteiger partial charge in [-0.25, -0.2) is 13.6 Å². The van der Waals surface area contributed by atoms with Crippen LogP contribution in [0.5, 0.6) is 0 Å².